The van der Waals surface area contributed by atoms with E-state index in [1.807, 2.05) is 0 Å². The maximum atomic E-state index is 13.3. The molecule has 0 unspecified atom stereocenters. The minimum atomic E-state index is -0.981. The van der Waals surface area contributed by atoms with E-state index in [9.17, 15) is 13.4 Å². The normalized spacial score (nSPS) is 13.7. The van der Waals surface area contributed by atoms with Crippen molar-refractivity contribution in [2.45, 2.75) is 18.7 Å². The third-order valence-corrected chi connectivity index (χ3v) is 4.46. The number of hydrogen-bond acceptors (Lipinski definition) is 2. The minimum absolute atomic E-state index is 0.0557. The molecule has 0 bridgehead atoms. The maximum Gasteiger partial charge on any atom is 0.317 e. The molecule has 7 heteroatoms. The van der Waals surface area contributed by atoms with Crippen molar-refractivity contribution in [2.75, 3.05) is 19.8 Å². The zero-order chi connectivity index (χ0) is 15.3. The second kappa shape index (κ2) is 7.59. The summed E-state index contributed by atoms with van der Waals surface area (Å²) in [6.07, 6.45) is 1.59. The topological polar surface area (TPSA) is 49.4 Å². The smallest absolute Gasteiger partial charge is 0.317 e. The van der Waals surface area contributed by atoms with E-state index in [4.69, 9.17) is 11.6 Å². The predicted octanol–water partition coefficient (Wildman–Crippen LogP) is 2.39. The lowest BCUT2D eigenvalue weighted by molar-refractivity contribution is 0.207. The molecule has 0 aliphatic carbocycles. The first kappa shape index (κ1) is 16.9. The molecule has 0 saturated heterocycles. The highest BCUT2D eigenvalue weighted by atomic mass is 35.5. The Morgan fingerprint density at radius 2 is 2.20 bits per heavy atom. The van der Waals surface area contributed by atoms with Gasteiger partial charge in [-0.05, 0) is 24.6 Å². The molecular formula is C13H18ClFN2O2S. The lowest BCUT2D eigenvalue weighted by atomic mass is 10.2. The fourth-order valence-electron chi connectivity index (χ4n) is 1.47. The number of nitrogens with zero attached hydrogens (tertiary/aromatic N) is 1. The van der Waals surface area contributed by atoms with E-state index in [1.54, 1.807) is 26.3 Å². The molecule has 1 rings (SSSR count). The van der Waals surface area contributed by atoms with Crippen molar-refractivity contribution in [1.29, 1.82) is 0 Å². The Morgan fingerprint density at radius 3 is 2.75 bits per heavy atom. The predicted molar refractivity (Wildman–Crippen MR) is 79.8 cm³/mol. The Labute approximate surface area is 125 Å². The molecule has 1 N–H and O–H groups in total. The van der Waals surface area contributed by atoms with E-state index in [2.05, 4.69) is 5.32 Å². The van der Waals surface area contributed by atoms with Crippen LogP contribution in [-0.2, 0) is 17.3 Å². The molecule has 2 atom stereocenters. The molecule has 2 amide bonds. The van der Waals surface area contributed by atoms with Crippen molar-refractivity contribution >= 4 is 28.4 Å². The molecule has 0 aliphatic heterocycles. The Kier molecular flexibility index (Phi) is 6.42. The standard InChI is InChI=1S/C13H18ClFN2O2S/c1-9(20(3)19)7-16-13(18)17(2)8-10-4-5-11(14)12(15)6-10/h4-6,9H,7-8H2,1-3H3,(H,16,18)/t9-,20-/m1/s1. The van der Waals surface area contributed by atoms with Crippen LogP contribution in [0.5, 0.6) is 0 Å². The first-order valence-corrected chi connectivity index (χ1v) is 8.06. The van der Waals surface area contributed by atoms with Gasteiger partial charge in [-0.3, -0.25) is 4.21 Å². The summed E-state index contributed by atoms with van der Waals surface area (Å²) in [4.78, 5) is 13.2. The van der Waals surface area contributed by atoms with Gasteiger partial charge in [0.15, 0.2) is 0 Å². The van der Waals surface area contributed by atoms with Crippen LogP contribution >= 0.6 is 11.6 Å². The van der Waals surface area contributed by atoms with Crippen LogP contribution in [0.25, 0.3) is 0 Å². The number of hydrogen-bond donors (Lipinski definition) is 1. The van der Waals surface area contributed by atoms with Crippen molar-refractivity contribution in [2.24, 2.45) is 0 Å². The summed E-state index contributed by atoms with van der Waals surface area (Å²) < 4.78 is 24.5. The van der Waals surface area contributed by atoms with E-state index < -0.39 is 16.6 Å². The molecule has 0 aromatic heterocycles. The van der Waals surface area contributed by atoms with E-state index in [0.29, 0.717) is 12.1 Å². The van der Waals surface area contributed by atoms with Crippen molar-refractivity contribution in [3.05, 3.63) is 34.6 Å². The second-order valence-electron chi connectivity index (χ2n) is 4.60. The van der Waals surface area contributed by atoms with E-state index in [0.717, 1.165) is 0 Å². The van der Waals surface area contributed by atoms with Gasteiger partial charge in [0, 0.05) is 42.4 Å². The Hall–Kier alpha value is -1.14. The number of carbonyl (C=O) groups is 1. The zero-order valence-electron chi connectivity index (χ0n) is 11.7. The van der Waals surface area contributed by atoms with Crippen LogP contribution in [0.1, 0.15) is 12.5 Å². The molecule has 0 spiro atoms. The SMILES string of the molecule is C[C@H](CNC(=O)N(C)Cc1ccc(Cl)c(F)c1)[S@@](C)=O. The Balaban J connectivity index is 2.53. The van der Waals surface area contributed by atoms with Crippen molar-refractivity contribution < 1.29 is 13.4 Å². The number of urea groups is 1. The third-order valence-electron chi connectivity index (χ3n) is 2.86. The number of halogens is 2. The molecule has 0 radical (unpaired) electrons. The van der Waals surface area contributed by atoms with Crippen LogP contribution < -0.4 is 5.32 Å². The van der Waals surface area contributed by atoms with Gasteiger partial charge in [-0.1, -0.05) is 17.7 Å². The van der Waals surface area contributed by atoms with Gasteiger partial charge in [-0.15, -0.1) is 0 Å². The summed E-state index contributed by atoms with van der Waals surface area (Å²) in [7, 11) is 0.625. The van der Waals surface area contributed by atoms with Crippen LogP contribution in [0.15, 0.2) is 18.2 Å². The molecule has 0 fully saturated rings. The highest BCUT2D eigenvalue weighted by molar-refractivity contribution is 7.84. The molecule has 20 heavy (non-hydrogen) atoms. The van der Waals surface area contributed by atoms with Gasteiger partial charge in [0.2, 0.25) is 0 Å². The van der Waals surface area contributed by atoms with Crippen LogP contribution in [0.2, 0.25) is 5.02 Å². The molecule has 0 heterocycles. The summed E-state index contributed by atoms with van der Waals surface area (Å²) in [6, 6.07) is 4.13. The van der Waals surface area contributed by atoms with Gasteiger partial charge in [0.1, 0.15) is 5.82 Å². The lowest BCUT2D eigenvalue weighted by Crippen LogP contribution is -2.40. The number of rotatable bonds is 5. The molecule has 1 aromatic carbocycles. The molecular weight excluding hydrogens is 303 g/mol. The quantitative estimate of drug-likeness (QED) is 0.905. The van der Waals surface area contributed by atoms with Crippen LogP contribution in [-0.4, -0.2) is 40.2 Å². The van der Waals surface area contributed by atoms with E-state index in [1.165, 1.54) is 17.0 Å². The van der Waals surface area contributed by atoms with Crippen LogP contribution in [0, 0.1) is 5.82 Å². The average Bonchev–Trinajstić information content (AvgIpc) is 2.39. The van der Waals surface area contributed by atoms with Crippen molar-refractivity contribution in [1.82, 2.24) is 10.2 Å². The summed E-state index contributed by atoms with van der Waals surface area (Å²) in [5, 5.41) is 2.63. The summed E-state index contributed by atoms with van der Waals surface area (Å²) in [6.45, 7) is 2.40. The van der Waals surface area contributed by atoms with E-state index in [-0.39, 0.29) is 22.8 Å². The molecule has 0 saturated carbocycles. The third kappa shape index (κ3) is 5.09. The second-order valence-corrected chi connectivity index (χ2v) is 6.81. The zero-order valence-corrected chi connectivity index (χ0v) is 13.2. The monoisotopic (exact) mass is 320 g/mol. The van der Waals surface area contributed by atoms with Gasteiger partial charge in [0.25, 0.3) is 0 Å². The number of carbonyl (C=O) groups excluding carboxylic acids is 1. The summed E-state index contributed by atoms with van der Waals surface area (Å²) in [5.41, 5.74) is 0.650. The first-order valence-electron chi connectivity index (χ1n) is 6.06. The molecule has 0 aliphatic rings. The number of nitrogens with one attached hydrogen (secondary N) is 1. The molecule has 1 aromatic rings. The van der Waals surface area contributed by atoms with E-state index >= 15 is 0 Å². The molecule has 4 nitrogen and oxygen atoms in total. The van der Waals surface area contributed by atoms with Crippen LogP contribution in [0.4, 0.5) is 9.18 Å². The summed E-state index contributed by atoms with van der Waals surface area (Å²) in [5.74, 6) is -0.507. The number of benzene rings is 1. The fourth-order valence-corrected chi connectivity index (χ4v) is 1.90. The van der Waals surface area contributed by atoms with Gasteiger partial charge in [-0.2, -0.15) is 0 Å². The maximum absolute atomic E-state index is 13.3. The highest BCUT2D eigenvalue weighted by Crippen LogP contribution is 2.16. The first-order chi connectivity index (χ1) is 9.31. The Morgan fingerprint density at radius 1 is 1.55 bits per heavy atom. The van der Waals surface area contributed by atoms with Crippen LogP contribution in [0.3, 0.4) is 0 Å². The van der Waals surface area contributed by atoms with Gasteiger partial charge >= 0.3 is 6.03 Å². The Bertz CT molecular complexity index is 513. The largest absolute Gasteiger partial charge is 0.337 e. The summed E-state index contributed by atoms with van der Waals surface area (Å²) >= 11 is 5.60. The minimum Gasteiger partial charge on any atom is -0.337 e. The lowest BCUT2D eigenvalue weighted by Gasteiger charge is -2.19. The highest BCUT2D eigenvalue weighted by Gasteiger charge is 2.12. The van der Waals surface area contributed by atoms with Crippen molar-refractivity contribution in [3.63, 3.8) is 0 Å². The van der Waals surface area contributed by atoms with Gasteiger partial charge < -0.3 is 10.2 Å². The number of amides is 2. The fraction of sp³-hybridized carbons (Fsp3) is 0.462. The van der Waals surface area contributed by atoms with Gasteiger partial charge in [0.05, 0.1) is 5.02 Å². The molecule has 112 valence electrons. The average molecular weight is 321 g/mol. The van der Waals surface area contributed by atoms with Crippen molar-refractivity contribution in [3.8, 4) is 0 Å². The van der Waals surface area contributed by atoms with Gasteiger partial charge in [-0.25, -0.2) is 9.18 Å².